The normalized spacial score (nSPS) is 12.3. The molecule has 2 rings (SSSR count). The number of hydrogen-bond acceptors (Lipinski definition) is 9. The van der Waals surface area contributed by atoms with E-state index in [-0.39, 0.29) is 22.0 Å². The van der Waals surface area contributed by atoms with Crippen molar-refractivity contribution in [3.63, 3.8) is 0 Å². The number of thioether (sulfide) groups is 1. The van der Waals surface area contributed by atoms with Gasteiger partial charge in [-0.25, -0.2) is 14.0 Å². The Balaban J connectivity index is 2.17. The summed E-state index contributed by atoms with van der Waals surface area (Å²) in [7, 11) is 0. The number of hydrogen-bond donors (Lipinski definition) is 3. The lowest BCUT2D eigenvalue weighted by Crippen LogP contribution is -2.44. The Labute approximate surface area is 175 Å². The van der Waals surface area contributed by atoms with Crippen LogP contribution in [0.5, 0.6) is 0 Å². The predicted octanol–water partition coefficient (Wildman–Crippen LogP) is 2.34. The lowest BCUT2D eigenvalue weighted by Gasteiger charge is -2.22. The van der Waals surface area contributed by atoms with Crippen molar-refractivity contribution in [2.45, 2.75) is 50.7 Å². The van der Waals surface area contributed by atoms with Crippen LogP contribution in [-0.2, 0) is 16.0 Å². The first-order chi connectivity index (χ1) is 14.0. The maximum atomic E-state index is 14.6. The second kappa shape index (κ2) is 9.71. The van der Waals surface area contributed by atoms with E-state index < -0.39 is 29.5 Å². The van der Waals surface area contributed by atoms with Gasteiger partial charge in [0.25, 0.3) is 0 Å². The molecule has 1 heterocycles. The van der Waals surface area contributed by atoms with Crippen LogP contribution in [0.1, 0.15) is 33.5 Å². The molecule has 0 spiro atoms. The molecule has 0 aliphatic rings. The molecule has 1 amide bonds. The Bertz CT molecular complexity index is 917. The first-order valence-electron chi connectivity index (χ1n) is 8.90. The number of nitrogens with one attached hydrogen (secondary N) is 2. The third-order valence-electron chi connectivity index (χ3n) is 3.54. The van der Waals surface area contributed by atoms with Gasteiger partial charge in [0.2, 0.25) is 0 Å². The largest absolute Gasteiger partial charge is 0.761 e. The number of carbonyl (C=O) groups excluding carboxylic acids is 1. The highest BCUT2D eigenvalue weighted by Crippen LogP contribution is 2.31. The number of aryl methyl sites for hydroxylation is 1. The van der Waals surface area contributed by atoms with Gasteiger partial charge in [0.1, 0.15) is 17.3 Å². The number of aliphatic carboxylic acids is 1. The van der Waals surface area contributed by atoms with E-state index >= 15 is 0 Å². The van der Waals surface area contributed by atoms with E-state index in [1.54, 1.807) is 26.3 Å². The van der Waals surface area contributed by atoms with Gasteiger partial charge in [-0.15, -0.1) is 26.8 Å². The van der Waals surface area contributed by atoms with Crippen LogP contribution < -0.4 is 10.8 Å². The van der Waals surface area contributed by atoms with Crippen LogP contribution in [0, 0.1) is 11.0 Å². The summed E-state index contributed by atoms with van der Waals surface area (Å²) in [6, 6.07) is 0.931. The fraction of sp³-hybridized carbons (Fsp3) is 0.471. The van der Waals surface area contributed by atoms with Crippen LogP contribution in [-0.4, -0.2) is 54.8 Å². The van der Waals surface area contributed by atoms with Crippen molar-refractivity contribution in [3.05, 3.63) is 29.0 Å². The van der Waals surface area contributed by atoms with E-state index in [4.69, 9.17) is 4.74 Å². The quantitative estimate of drug-likeness (QED) is 0.411. The minimum atomic E-state index is -1.32. The lowest BCUT2D eigenvalue weighted by molar-refractivity contribution is -0.138. The van der Waals surface area contributed by atoms with E-state index in [2.05, 4.69) is 20.7 Å². The molecule has 0 radical (unpaired) electrons. The predicted molar refractivity (Wildman–Crippen MR) is 107 cm³/mol. The van der Waals surface area contributed by atoms with E-state index in [0.29, 0.717) is 12.2 Å². The summed E-state index contributed by atoms with van der Waals surface area (Å²) >= 11 is 0.876. The van der Waals surface area contributed by atoms with E-state index in [1.807, 2.05) is 6.92 Å². The van der Waals surface area contributed by atoms with Crippen molar-refractivity contribution in [2.24, 2.45) is 0 Å². The molecule has 2 aromatic rings. The van der Waals surface area contributed by atoms with Crippen molar-refractivity contribution in [2.75, 3.05) is 11.2 Å². The summed E-state index contributed by atoms with van der Waals surface area (Å²) < 4.78 is 19.6. The maximum absolute atomic E-state index is 14.6. The van der Waals surface area contributed by atoms with Crippen molar-refractivity contribution in [3.8, 4) is 5.69 Å². The van der Waals surface area contributed by atoms with Gasteiger partial charge in [-0.3, -0.25) is 0 Å². The van der Waals surface area contributed by atoms with Gasteiger partial charge >= 0.3 is 12.1 Å². The van der Waals surface area contributed by atoms with Crippen molar-refractivity contribution in [1.82, 2.24) is 25.5 Å². The number of ether oxygens (including phenoxy) is 1. The van der Waals surface area contributed by atoms with Gasteiger partial charge in [-0.1, -0.05) is 6.92 Å². The molecule has 11 nitrogen and oxygen atoms in total. The van der Waals surface area contributed by atoms with Crippen LogP contribution in [0.15, 0.2) is 17.0 Å². The summed E-state index contributed by atoms with van der Waals surface area (Å²) in [5.74, 6) is -1.81. The summed E-state index contributed by atoms with van der Waals surface area (Å²) in [5, 5.41) is 34.4. The highest BCUT2D eigenvalue weighted by Gasteiger charge is 2.25. The van der Waals surface area contributed by atoms with Gasteiger partial charge in [0, 0.05) is 22.8 Å². The standard InChI is InChI=1S/C17H22FN6O5S/c1-5-14-20-23-24(21-14)12-7-10(22-28)13(6-9(12)18)30-8-11(15(25)26)19-16(27)29-17(2,3)4/h6-7,11,22H,5,8H2,1-4H3,(H,19,27)(H,25,26)/q-1/t11-/m0/s1. The van der Waals surface area contributed by atoms with E-state index in [1.165, 1.54) is 6.07 Å². The molecule has 30 heavy (non-hydrogen) atoms. The molecule has 0 saturated carbocycles. The van der Waals surface area contributed by atoms with Gasteiger partial charge in [-0.05, 0) is 38.1 Å². The molecule has 164 valence electrons. The fourth-order valence-electron chi connectivity index (χ4n) is 2.18. The fourth-order valence-corrected chi connectivity index (χ4v) is 3.20. The average Bonchev–Trinajstić information content (AvgIpc) is 3.12. The molecular formula is C17H22FN6O5S-. The molecular weight excluding hydrogens is 419 g/mol. The van der Waals surface area contributed by atoms with Crippen LogP contribution in [0.3, 0.4) is 0 Å². The second-order valence-corrected chi connectivity index (χ2v) is 8.16. The Morgan fingerprint density at radius 2 is 2.10 bits per heavy atom. The summed E-state index contributed by atoms with van der Waals surface area (Å²) in [5.41, 5.74) is 0.795. The number of aromatic nitrogens is 4. The van der Waals surface area contributed by atoms with Crippen LogP contribution >= 0.6 is 11.8 Å². The molecule has 0 saturated heterocycles. The smallest absolute Gasteiger partial charge is 0.408 e. The van der Waals surface area contributed by atoms with E-state index in [9.17, 15) is 24.3 Å². The Morgan fingerprint density at radius 3 is 2.63 bits per heavy atom. The minimum Gasteiger partial charge on any atom is -0.761 e. The third-order valence-corrected chi connectivity index (χ3v) is 4.69. The Kier molecular flexibility index (Phi) is 7.56. The molecule has 1 atom stereocenters. The number of alkyl carbamates (subject to hydrolysis) is 1. The van der Waals surface area contributed by atoms with Crippen LogP contribution in [0.25, 0.3) is 5.69 Å². The Morgan fingerprint density at radius 1 is 1.40 bits per heavy atom. The lowest BCUT2D eigenvalue weighted by atomic mass is 10.2. The van der Waals surface area contributed by atoms with Gasteiger partial charge in [0.05, 0.1) is 0 Å². The number of halogens is 1. The summed E-state index contributed by atoms with van der Waals surface area (Å²) in [6.45, 7) is 6.73. The highest BCUT2D eigenvalue weighted by atomic mass is 32.2. The van der Waals surface area contributed by atoms with Gasteiger partial charge < -0.3 is 25.8 Å². The van der Waals surface area contributed by atoms with E-state index in [0.717, 1.165) is 22.6 Å². The molecule has 1 aromatic heterocycles. The number of tetrazole rings is 1. The zero-order chi connectivity index (χ0) is 22.5. The first-order valence-corrected chi connectivity index (χ1v) is 9.88. The number of nitrogens with zero attached hydrogens (tertiary/aromatic N) is 4. The SMILES string of the molecule is CCc1nnn(-c2cc(N[O-])c(SC[C@H](NC(=O)OC(C)(C)C)C(=O)O)cc2F)n1. The molecule has 0 fully saturated rings. The molecule has 13 heteroatoms. The summed E-state index contributed by atoms with van der Waals surface area (Å²) in [6.07, 6.45) is -0.396. The molecule has 3 N–H and O–H groups in total. The number of carbonyl (C=O) groups is 2. The topological polar surface area (TPSA) is 154 Å². The Hall–Kier alpha value is -2.93. The number of carboxylic acid groups (broad SMARTS) is 1. The number of amides is 1. The molecule has 0 bridgehead atoms. The first kappa shape index (κ1) is 23.3. The van der Waals surface area contributed by atoms with Crippen molar-refractivity contribution >= 4 is 29.5 Å². The molecule has 0 aliphatic carbocycles. The monoisotopic (exact) mass is 441 g/mol. The van der Waals surface area contributed by atoms with Crippen molar-refractivity contribution in [1.29, 1.82) is 0 Å². The molecule has 0 unspecified atom stereocenters. The van der Waals surface area contributed by atoms with Crippen molar-refractivity contribution < 1.29 is 23.8 Å². The molecule has 1 aromatic carbocycles. The number of rotatable bonds is 8. The van der Waals surface area contributed by atoms with Gasteiger partial charge in [0.15, 0.2) is 11.6 Å². The second-order valence-electron chi connectivity index (χ2n) is 7.10. The third kappa shape index (κ3) is 6.29. The van der Waals surface area contributed by atoms with Crippen LogP contribution in [0.4, 0.5) is 14.9 Å². The number of carboxylic acids is 1. The summed E-state index contributed by atoms with van der Waals surface area (Å²) in [4.78, 5) is 24.4. The zero-order valence-corrected chi connectivity index (χ0v) is 17.6. The maximum Gasteiger partial charge on any atom is 0.408 e. The minimum absolute atomic E-state index is 0.00634. The zero-order valence-electron chi connectivity index (χ0n) is 16.8. The number of benzene rings is 1. The average molecular weight is 441 g/mol. The molecule has 0 aliphatic heterocycles. The highest BCUT2D eigenvalue weighted by molar-refractivity contribution is 7.99. The van der Waals surface area contributed by atoms with Crippen LogP contribution in [0.2, 0.25) is 0 Å². The number of anilines is 1. The van der Waals surface area contributed by atoms with Gasteiger partial charge in [-0.2, -0.15) is 0 Å².